The lowest BCUT2D eigenvalue weighted by atomic mass is 9.86. The fraction of sp³-hybridized carbons (Fsp3) is 0.500. The first-order valence-electron chi connectivity index (χ1n) is 7.19. The Hall–Kier alpha value is -2.00. The predicted octanol–water partition coefficient (Wildman–Crippen LogP) is 1.86. The van der Waals surface area contributed by atoms with E-state index in [2.05, 4.69) is 0 Å². The average molecular weight is 342 g/mol. The molecule has 1 fully saturated rings. The number of rotatable bonds is 5. The molecule has 1 aromatic carbocycles. The zero-order valence-electron chi connectivity index (χ0n) is 12.6. The van der Waals surface area contributed by atoms with Crippen LogP contribution in [-0.4, -0.2) is 41.8 Å². The Morgan fingerprint density at radius 1 is 1.35 bits per heavy atom. The molecule has 0 aromatic heterocycles. The SMILES string of the molecule is CN([C@@H]1CCC[C@H](C(=O)O)C1)S(=O)(=O)c1ccccc1[N+](=O)[O-]. The normalized spacial score (nSPS) is 22.0. The first-order chi connectivity index (χ1) is 10.7. The number of nitro benzene ring substituents is 1. The summed E-state index contributed by atoms with van der Waals surface area (Å²) in [6, 6.07) is 4.69. The summed E-state index contributed by atoms with van der Waals surface area (Å²) < 4.78 is 26.5. The minimum absolute atomic E-state index is 0.214. The van der Waals surface area contributed by atoms with Gasteiger partial charge in [-0.2, -0.15) is 4.31 Å². The van der Waals surface area contributed by atoms with E-state index in [-0.39, 0.29) is 11.3 Å². The van der Waals surface area contributed by atoms with Gasteiger partial charge in [-0.25, -0.2) is 8.42 Å². The highest BCUT2D eigenvalue weighted by molar-refractivity contribution is 7.89. The molecule has 0 amide bonds. The van der Waals surface area contributed by atoms with E-state index >= 15 is 0 Å². The standard InChI is InChI=1S/C14H18N2O6S/c1-15(11-6-4-5-10(9-11)14(17)18)23(21,22)13-8-3-2-7-12(13)16(19)20/h2-3,7-8,10-11H,4-6,9H2,1H3,(H,17,18)/t10-,11+/m0/s1. The minimum atomic E-state index is -4.06. The number of nitrogens with zero attached hydrogens (tertiary/aromatic N) is 2. The molecule has 0 unspecified atom stereocenters. The maximum atomic E-state index is 12.7. The van der Waals surface area contributed by atoms with Gasteiger partial charge in [-0.3, -0.25) is 14.9 Å². The van der Waals surface area contributed by atoms with Crippen LogP contribution >= 0.6 is 0 Å². The van der Waals surface area contributed by atoms with Crippen LogP contribution in [0.4, 0.5) is 5.69 Å². The Bertz CT molecular complexity index is 718. The lowest BCUT2D eigenvalue weighted by molar-refractivity contribution is -0.387. The summed E-state index contributed by atoms with van der Waals surface area (Å²) in [5.41, 5.74) is -0.482. The highest BCUT2D eigenvalue weighted by Crippen LogP contribution is 2.32. The minimum Gasteiger partial charge on any atom is -0.481 e. The molecule has 0 radical (unpaired) electrons. The summed E-state index contributed by atoms with van der Waals surface area (Å²) >= 11 is 0. The zero-order valence-corrected chi connectivity index (χ0v) is 13.4. The van der Waals surface area contributed by atoms with Gasteiger partial charge < -0.3 is 5.11 Å². The van der Waals surface area contributed by atoms with Crippen LogP contribution in [0.2, 0.25) is 0 Å². The quantitative estimate of drug-likeness (QED) is 0.644. The lowest BCUT2D eigenvalue weighted by Gasteiger charge is -2.33. The van der Waals surface area contributed by atoms with Crippen LogP contribution in [0.25, 0.3) is 0 Å². The smallest absolute Gasteiger partial charge is 0.306 e. The van der Waals surface area contributed by atoms with Crippen LogP contribution in [0.1, 0.15) is 25.7 Å². The molecule has 2 rings (SSSR count). The number of carbonyl (C=O) groups is 1. The molecule has 1 aromatic rings. The van der Waals surface area contributed by atoms with Crippen molar-refractivity contribution >= 4 is 21.7 Å². The molecule has 1 aliphatic rings. The second kappa shape index (κ2) is 6.63. The van der Waals surface area contributed by atoms with Gasteiger partial charge in [-0.05, 0) is 25.3 Å². The van der Waals surface area contributed by atoms with Gasteiger partial charge in [-0.1, -0.05) is 18.6 Å². The van der Waals surface area contributed by atoms with Crippen LogP contribution in [0, 0.1) is 16.0 Å². The van der Waals surface area contributed by atoms with Crippen LogP contribution < -0.4 is 0 Å². The number of benzene rings is 1. The number of para-hydroxylation sites is 1. The second-order valence-corrected chi connectivity index (χ2v) is 7.57. The Kier molecular flexibility index (Phi) is 5.00. The fourth-order valence-corrected chi connectivity index (χ4v) is 4.45. The number of carboxylic acids is 1. The third-order valence-corrected chi connectivity index (χ3v) is 6.19. The van der Waals surface area contributed by atoms with Crippen molar-refractivity contribution in [2.45, 2.75) is 36.6 Å². The molecular weight excluding hydrogens is 324 g/mol. The van der Waals surface area contributed by atoms with E-state index < -0.39 is 38.6 Å². The second-order valence-electron chi connectivity index (χ2n) is 5.60. The molecule has 1 N–H and O–H groups in total. The number of hydrogen-bond donors (Lipinski definition) is 1. The molecule has 0 saturated heterocycles. The highest BCUT2D eigenvalue weighted by atomic mass is 32.2. The van der Waals surface area contributed by atoms with Gasteiger partial charge in [0.15, 0.2) is 4.90 Å². The van der Waals surface area contributed by atoms with E-state index in [9.17, 15) is 23.3 Å². The van der Waals surface area contributed by atoms with E-state index in [1.54, 1.807) is 0 Å². The maximum Gasteiger partial charge on any atom is 0.306 e. The Balaban J connectivity index is 2.33. The third-order valence-electron chi connectivity index (χ3n) is 4.23. The van der Waals surface area contributed by atoms with Crippen LogP contribution in [-0.2, 0) is 14.8 Å². The number of nitro groups is 1. The van der Waals surface area contributed by atoms with E-state index in [1.165, 1.54) is 25.2 Å². The molecular formula is C14H18N2O6S. The van der Waals surface area contributed by atoms with Crippen molar-refractivity contribution in [1.29, 1.82) is 0 Å². The van der Waals surface area contributed by atoms with E-state index in [4.69, 9.17) is 5.11 Å². The summed E-state index contributed by atoms with van der Waals surface area (Å²) in [6.07, 6.45) is 1.88. The molecule has 2 atom stereocenters. The van der Waals surface area contributed by atoms with Crippen molar-refractivity contribution in [3.63, 3.8) is 0 Å². The molecule has 0 spiro atoms. The summed E-state index contributed by atoms with van der Waals surface area (Å²) in [4.78, 5) is 21.1. The van der Waals surface area contributed by atoms with Gasteiger partial charge in [0.05, 0.1) is 10.8 Å². The van der Waals surface area contributed by atoms with E-state index in [0.29, 0.717) is 19.3 Å². The first kappa shape index (κ1) is 17.4. The molecule has 1 saturated carbocycles. The molecule has 0 aliphatic heterocycles. The molecule has 1 aliphatic carbocycles. The summed E-state index contributed by atoms with van der Waals surface area (Å²) in [5.74, 6) is -1.52. The van der Waals surface area contributed by atoms with E-state index in [0.717, 1.165) is 10.4 Å². The summed E-state index contributed by atoms with van der Waals surface area (Å²) in [7, 11) is -2.72. The number of hydrogen-bond acceptors (Lipinski definition) is 5. The van der Waals surface area contributed by atoms with E-state index in [1.807, 2.05) is 0 Å². The van der Waals surface area contributed by atoms with Gasteiger partial charge >= 0.3 is 5.97 Å². The lowest BCUT2D eigenvalue weighted by Crippen LogP contribution is -2.41. The number of sulfonamides is 1. The molecule has 23 heavy (non-hydrogen) atoms. The fourth-order valence-electron chi connectivity index (χ4n) is 2.90. The van der Waals surface area contributed by atoms with Crippen molar-refractivity contribution in [3.8, 4) is 0 Å². The van der Waals surface area contributed by atoms with Crippen molar-refractivity contribution < 1.29 is 23.2 Å². The molecule has 0 bridgehead atoms. The number of aliphatic carboxylic acids is 1. The van der Waals surface area contributed by atoms with Crippen LogP contribution in [0.5, 0.6) is 0 Å². The third kappa shape index (κ3) is 3.50. The predicted molar refractivity (Wildman–Crippen MR) is 81.4 cm³/mol. The highest BCUT2D eigenvalue weighted by Gasteiger charge is 2.37. The first-order valence-corrected chi connectivity index (χ1v) is 8.63. The zero-order chi connectivity index (χ0) is 17.2. The molecule has 0 heterocycles. The molecule has 126 valence electrons. The van der Waals surface area contributed by atoms with Crippen molar-refractivity contribution in [1.82, 2.24) is 4.31 Å². The van der Waals surface area contributed by atoms with Crippen LogP contribution in [0.15, 0.2) is 29.2 Å². The monoisotopic (exact) mass is 342 g/mol. The van der Waals surface area contributed by atoms with Crippen LogP contribution in [0.3, 0.4) is 0 Å². The van der Waals surface area contributed by atoms with Crippen molar-refractivity contribution in [3.05, 3.63) is 34.4 Å². The van der Waals surface area contributed by atoms with Gasteiger partial charge in [-0.15, -0.1) is 0 Å². The van der Waals surface area contributed by atoms with Gasteiger partial charge in [0, 0.05) is 19.2 Å². The van der Waals surface area contributed by atoms with Crippen molar-refractivity contribution in [2.24, 2.45) is 5.92 Å². The molecule has 9 heteroatoms. The van der Waals surface area contributed by atoms with Crippen molar-refractivity contribution in [2.75, 3.05) is 7.05 Å². The largest absolute Gasteiger partial charge is 0.481 e. The topological polar surface area (TPSA) is 118 Å². The summed E-state index contributed by atoms with van der Waals surface area (Å²) in [6.45, 7) is 0. The average Bonchev–Trinajstić information content (AvgIpc) is 2.54. The van der Waals surface area contributed by atoms with Gasteiger partial charge in [0.25, 0.3) is 5.69 Å². The molecule has 8 nitrogen and oxygen atoms in total. The Morgan fingerprint density at radius 2 is 2.00 bits per heavy atom. The van der Waals surface area contributed by atoms with Gasteiger partial charge in [0.2, 0.25) is 10.0 Å². The Labute approximate surface area is 133 Å². The summed E-state index contributed by atoms with van der Waals surface area (Å²) in [5, 5.41) is 20.2. The Morgan fingerprint density at radius 3 is 2.61 bits per heavy atom. The van der Waals surface area contributed by atoms with Gasteiger partial charge in [0.1, 0.15) is 0 Å². The maximum absolute atomic E-state index is 12.7. The number of carboxylic acid groups (broad SMARTS) is 1.